The molecule has 0 bridgehead atoms. The Balaban J connectivity index is 2.22. The summed E-state index contributed by atoms with van der Waals surface area (Å²) >= 11 is 9.07. The van der Waals surface area contributed by atoms with Crippen LogP contribution in [0.15, 0.2) is 27.8 Å². The van der Waals surface area contributed by atoms with Gasteiger partial charge < -0.3 is 10.6 Å². The molecule has 0 unspecified atom stereocenters. The number of anilines is 1. The van der Waals surface area contributed by atoms with Crippen molar-refractivity contribution < 1.29 is 9.18 Å². The fraction of sp³-hybridized carbons (Fsp3) is 0.250. The van der Waals surface area contributed by atoms with Crippen LogP contribution in [0.2, 0.25) is 5.02 Å². The molecule has 0 radical (unpaired) electrons. The van der Waals surface area contributed by atoms with E-state index in [9.17, 15) is 9.18 Å². The van der Waals surface area contributed by atoms with E-state index in [0.29, 0.717) is 15.7 Å². The normalized spacial score (nSPS) is 14.1. The molecule has 0 spiro atoms. The van der Waals surface area contributed by atoms with Gasteiger partial charge in [0.05, 0.1) is 10.7 Å². The van der Waals surface area contributed by atoms with Crippen LogP contribution >= 0.6 is 27.5 Å². The third-order valence-corrected chi connectivity index (χ3v) is 3.72. The summed E-state index contributed by atoms with van der Waals surface area (Å²) in [5.41, 5.74) is 2.12. The van der Waals surface area contributed by atoms with E-state index in [1.807, 2.05) is 0 Å². The highest BCUT2D eigenvalue weighted by Crippen LogP contribution is 2.32. The average Bonchev–Trinajstić information content (AvgIpc) is 2.20. The van der Waals surface area contributed by atoms with Gasteiger partial charge in [0.1, 0.15) is 5.82 Å². The monoisotopic (exact) mass is 332 g/mol. The molecule has 1 heterocycles. The van der Waals surface area contributed by atoms with Gasteiger partial charge in [0.2, 0.25) is 0 Å². The first-order chi connectivity index (χ1) is 8.49. The number of amides is 1. The minimum atomic E-state index is -0.455. The summed E-state index contributed by atoms with van der Waals surface area (Å²) in [5.74, 6) is -0.677. The van der Waals surface area contributed by atoms with Crippen molar-refractivity contribution in [3.63, 3.8) is 0 Å². The minimum absolute atomic E-state index is 0.166. The molecule has 1 aromatic rings. The molecule has 2 rings (SSSR count). The summed E-state index contributed by atoms with van der Waals surface area (Å²) in [7, 11) is 0. The predicted octanol–water partition coefficient (Wildman–Crippen LogP) is 3.10. The first-order valence-electron chi connectivity index (χ1n) is 5.34. The molecule has 1 fully saturated rings. The van der Waals surface area contributed by atoms with Crippen molar-refractivity contribution in [3.05, 3.63) is 38.6 Å². The number of benzene rings is 1. The van der Waals surface area contributed by atoms with E-state index >= 15 is 0 Å². The lowest BCUT2D eigenvalue weighted by Gasteiger charge is -2.21. The van der Waals surface area contributed by atoms with Gasteiger partial charge in [0.25, 0.3) is 5.91 Å². The lowest BCUT2D eigenvalue weighted by molar-refractivity contribution is -0.112. The summed E-state index contributed by atoms with van der Waals surface area (Å²) in [5, 5.41) is 5.92. The second-order valence-electron chi connectivity index (χ2n) is 4.03. The van der Waals surface area contributed by atoms with Crippen molar-refractivity contribution in [1.29, 1.82) is 0 Å². The Morgan fingerprint density at radius 3 is 2.67 bits per heavy atom. The Hall–Kier alpha value is -0.910. The zero-order valence-corrected chi connectivity index (χ0v) is 12.0. The topological polar surface area (TPSA) is 41.1 Å². The zero-order chi connectivity index (χ0) is 13.3. The molecule has 2 N–H and O–H groups in total. The Kier molecular flexibility index (Phi) is 4.04. The van der Waals surface area contributed by atoms with Crippen molar-refractivity contribution in [1.82, 2.24) is 5.32 Å². The first kappa shape index (κ1) is 13.5. The number of nitrogens with one attached hydrogen (secondary N) is 2. The van der Waals surface area contributed by atoms with E-state index in [0.717, 1.165) is 24.7 Å². The molecular weight excluding hydrogens is 323 g/mol. The van der Waals surface area contributed by atoms with E-state index in [2.05, 4.69) is 26.6 Å². The number of rotatable bonds is 2. The molecule has 18 heavy (non-hydrogen) atoms. The number of carbonyl (C=O) groups is 1. The van der Waals surface area contributed by atoms with Crippen LogP contribution in [0.3, 0.4) is 0 Å². The summed E-state index contributed by atoms with van der Waals surface area (Å²) in [6, 6.07) is 2.42. The van der Waals surface area contributed by atoms with Crippen molar-refractivity contribution in [3.8, 4) is 0 Å². The van der Waals surface area contributed by atoms with Gasteiger partial charge in [-0.05, 0) is 40.6 Å². The molecule has 1 aromatic carbocycles. The molecule has 3 nitrogen and oxygen atoms in total. The van der Waals surface area contributed by atoms with Crippen LogP contribution in [0.4, 0.5) is 10.1 Å². The molecule has 6 heteroatoms. The standard InChI is InChI=1S/C12H11BrClFN2O/c1-6(7-4-16-5-7)12(18)17-11-9(13)2-8(15)3-10(11)14/h2-3,16H,4-5H2,1H3,(H,17,18). The minimum Gasteiger partial charge on any atom is -0.320 e. The summed E-state index contributed by atoms with van der Waals surface area (Å²) < 4.78 is 13.5. The van der Waals surface area contributed by atoms with E-state index in [-0.39, 0.29) is 10.9 Å². The third kappa shape index (κ3) is 2.74. The maximum atomic E-state index is 13.1. The molecule has 1 aliphatic heterocycles. The zero-order valence-electron chi connectivity index (χ0n) is 9.61. The van der Waals surface area contributed by atoms with Crippen LogP contribution in [0.25, 0.3) is 0 Å². The average molecular weight is 334 g/mol. The van der Waals surface area contributed by atoms with Gasteiger partial charge in [0, 0.05) is 23.1 Å². The highest BCUT2D eigenvalue weighted by atomic mass is 79.9. The number of hydrogen-bond donors (Lipinski definition) is 2. The Morgan fingerprint density at radius 1 is 1.50 bits per heavy atom. The largest absolute Gasteiger partial charge is 0.320 e. The van der Waals surface area contributed by atoms with E-state index in [4.69, 9.17) is 11.6 Å². The Labute approximate surface area is 118 Å². The summed E-state index contributed by atoms with van der Waals surface area (Å²) in [4.78, 5) is 12.0. The Bertz CT molecular complexity index is 516. The van der Waals surface area contributed by atoms with E-state index in [1.165, 1.54) is 6.07 Å². The smallest absolute Gasteiger partial charge is 0.251 e. The van der Waals surface area contributed by atoms with Crippen molar-refractivity contribution in [2.45, 2.75) is 6.92 Å². The second-order valence-corrected chi connectivity index (χ2v) is 5.29. The van der Waals surface area contributed by atoms with Gasteiger partial charge in [-0.3, -0.25) is 4.79 Å². The highest BCUT2D eigenvalue weighted by molar-refractivity contribution is 9.10. The van der Waals surface area contributed by atoms with Gasteiger partial charge >= 0.3 is 0 Å². The number of hydrogen-bond acceptors (Lipinski definition) is 2. The number of carbonyl (C=O) groups excluding carboxylic acids is 1. The molecule has 0 atom stereocenters. The molecule has 1 saturated heterocycles. The van der Waals surface area contributed by atoms with Crippen LogP contribution in [0.1, 0.15) is 6.92 Å². The van der Waals surface area contributed by atoms with Crippen LogP contribution in [-0.4, -0.2) is 19.0 Å². The molecule has 0 aliphatic carbocycles. The van der Waals surface area contributed by atoms with Gasteiger partial charge in [-0.15, -0.1) is 0 Å². The van der Waals surface area contributed by atoms with Gasteiger partial charge in [-0.2, -0.15) is 0 Å². The van der Waals surface area contributed by atoms with Crippen molar-refractivity contribution >= 4 is 39.1 Å². The molecule has 1 amide bonds. The molecular formula is C12H11BrClFN2O. The van der Waals surface area contributed by atoms with Crippen LogP contribution in [0.5, 0.6) is 0 Å². The lowest BCUT2D eigenvalue weighted by Crippen LogP contribution is -2.36. The fourth-order valence-corrected chi connectivity index (χ4v) is 2.44. The SMILES string of the molecule is CC(C(=O)Nc1c(Cl)cc(F)cc1Br)=C1CNC1. The van der Waals surface area contributed by atoms with Crippen LogP contribution in [0, 0.1) is 5.82 Å². The maximum Gasteiger partial charge on any atom is 0.251 e. The van der Waals surface area contributed by atoms with Crippen LogP contribution in [-0.2, 0) is 4.79 Å². The lowest BCUT2D eigenvalue weighted by atomic mass is 10.0. The fourth-order valence-electron chi connectivity index (χ4n) is 1.54. The molecule has 0 saturated carbocycles. The molecule has 1 aliphatic rings. The summed E-state index contributed by atoms with van der Waals surface area (Å²) in [6.45, 7) is 3.23. The maximum absolute atomic E-state index is 13.1. The molecule has 0 aromatic heterocycles. The van der Waals surface area contributed by atoms with Crippen molar-refractivity contribution in [2.75, 3.05) is 18.4 Å². The second kappa shape index (κ2) is 5.38. The quantitative estimate of drug-likeness (QED) is 0.817. The van der Waals surface area contributed by atoms with E-state index < -0.39 is 5.82 Å². The Morgan fingerprint density at radius 2 is 2.17 bits per heavy atom. The highest BCUT2D eigenvalue weighted by Gasteiger charge is 2.18. The van der Waals surface area contributed by atoms with E-state index in [1.54, 1.807) is 6.92 Å². The van der Waals surface area contributed by atoms with Crippen molar-refractivity contribution in [2.24, 2.45) is 0 Å². The predicted molar refractivity (Wildman–Crippen MR) is 73.3 cm³/mol. The van der Waals surface area contributed by atoms with Crippen LogP contribution < -0.4 is 10.6 Å². The third-order valence-electron chi connectivity index (χ3n) is 2.79. The molecule has 96 valence electrons. The first-order valence-corrected chi connectivity index (χ1v) is 6.51. The van der Waals surface area contributed by atoms with Gasteiger partial charge in [-0.25, -0.2) is 4.39 Å². The van der Waals surface area contributed by atoms with Gasteiger partial charge in [-0.1, -0.05) is 11.6 Å². The number of halogens is 3. The summed E-state index contributed by atoms with van der Waals surface area (Å²) in [6.07, 6.45) is 0. The van der Waals surface area contributed by atoms with Gasteiger partial charge in [0.15, 0.2) is 0 Å².